The van der Waals surface area contributed by atoms with Crippen molar-refractivity contribution < 1.29 is 0 Å². The molecule has 0 N–H and O–H groups in total. The molecule has 8 heteroatoms. The first-order valence-corrected chi connectivity index (χ1v) is 10.1. The van der Waals surface area contributed by atoms with Gasteiger partial charge in [0.1, 0.15) is 0 Å². The van der Waals surface area contributed by atoms with Gasteiger partial charge in [-0.2, -0.15) is 4.98 Å². The molecule has 2 atom stereocenters. The molecule has 1 saturated heterocycles. The summed E-state index contributed by atoms with van der Waals surface area (Å²) in [6.45, 7) is 12.8. The molecule has 0 aromatic carbocycles. The molecule has 1 aliphatic heterocycles. The van der Waals surface area contributed by atoms with E-state index >= 15 is 0 Å². The normalized spacial score (nSPS) is 21.2. The number of fused-ring (bicyclic) bond motifs is 3. The van der Waals surface area contributed by atoms with E-state index in [1.54, 1.807) is 7.05 Å². The highest BCUT2D eigenvalue weighted by atomic mass is 16.2. The first kappa shape index (κ1) is 19.0. The second-order valence-corrected chi connectivity index (χ2v) is 8.65. The fraction of sp³-hybridized carbons (Fsp3) is 0.650. The summed E-state index contributed by atoms with van der Waals surface area (Å²) in [5.74, 6) is 2.19. The number of imidazole rings is 2. The minimum atomic E-state index is -0.351. The fourth-order valence-corrected chi connectivity index (χ4v) is 4.87. The summed E-state index contributed by atoms with van der Waals surface area (Å²) in [7, 11) is 3.18. The van der Waals surface area contributed by atoms with Crippen molar-refractivity contribution in [2.45, 2.75) is 40.7 Å². The lowest BCUT2D eigenvalue weighted by Crippen LogP contribution is -2.40. The van der Waals surface area contributed by atoms with Gasteiger partial charge in [-0.15, -0.1) is 0 Å². The second kappa shape index (κ2) is 6.62. The maximum Gasteiger partial charge on any atom is 0.332 e. The van der Waals surface area contributed by atoms with E-state index in [9.17, 15) is 9.59 Å². The van der Waals surface area contributed by atoms with Crippen LogP contribution >= 0.6 is 0 Å². The molecule has 0 bridgehead atoms. The molecular formula is C20H30N6O2. The van der Waals surface area contributed by atoms with Crippen LogP contribution in [0.3, 0.4) is 0 Å². The van der Waals surface area contributed by atoms with Crippen molar-refractivity contribution in [3.8, 4) is 0 Å². The van der Waals surface area contributed by atoms with Crippen molar-refractivity contribution in [3.05, 3.63) is 32.2 Å². The summed E-state index contributed by atoms with van der Waals surface area (Å²) in [4.78, 5) is 32.3. The number of piperidine rings is 1. The van der Waals surface area contributed by atoms with E-state index in [2.05, 4.69) is 30.2 Å². The zero-order chi connectivity index (χ0) is 20.3. The Morgan fingerprint density at radius 1 is 0.964 bits per heavy atom. The van der Waals surface area contributed by atoms with Gasteiger partial charge in [0.2, 0.25) is 5.78 Å². The van der Waals surface area contributed by atoms with Crippen LogP contribution in [0.4, 0.5) is 0 Å². The van der Waals surface area contributed by atoms with Crippen molar-refractivity contribution in [1.29, 1.82) is 0 Å². The van der Waals surface area contributed by atoms with Crippen LogP contribution in [-0.4, -0.2) is 47.6 Å². The molecule has 0 amide bonds. The maximum atomic E-state index is 12.8. The molecule has 8 nitrogen and oxygen atoms in total. The highest BCUT2D eigenvalue weighted by molar-refractivity contribution is 5.76. The zero-order valence-corrected chi connectivity index (χ0v) is 17.7. The van der Waals surface area contributed by atoms with Gasteiger partial charge in [-0.1, -0.05) is 13.8 Å². The van der Waals surface area contributed by atoms with E-state index in [1.807, 2.05) is 11.3 Å². The molecule has 3 aromatic heterocycles. The van der Waals surface area contributed by atoms with Crippen LogP contribution in [0, 0.1) is 25.7 Å². The van der Waals surface area contributed by atoms with Crippen molar-refractivity contribution in [1.82, 2.24) is 28.0 Å². The van der Waals surface area contributed by atoms with E-state index < -0.39 is 0 Å². The van der Waals surface area contributed by atoms with Crippen LogP contribution in [0.1, 0.15) is 31.7 Å². The Labute approximate surface area is 164 Å². The zero-order valence-electron chi connectivity index (χ0n) is 17.7. The molecule has 4 heterocycles. The van der Waals surface area contributed by atoms with Gasteiger partial charge in [-0.25, -0.2) is 4.79 Å². The molecular weight excluding hydrogens is 356 g/mol. The topological polar surface area (TPSA) is 69.5 Å². The monoisotopic (exact) mass is 386 g/mol. The largest absolute Gasteiger partial charge is 0.332 e. The van der Waals surface area contributed by atoms with E-state index in [4.69, 9.17) is 4.98 Å². The third kappa shape index (κ3) is 2.73. The number of hydrogen-bond donors (Lipinski definition) is 0. The molecule has 152 valence electrons. The summed E-state index contributed by atoms with van der Waals surface area (Å²) in [5.41, 5.74) is 2.37. The number of nitrogens with zero attached hydrogens (tertiary/aromatic N) is 6. The summed E-state index contributed by atoms with van der Waals surface area (Å²) in [6, 6.07) is 0. The summed E-state index contributed by atoms with van der Waals surface area (Å²) in [6.07, 6.45) is 1.30. The molecule has 0 aliphatic carbocycles. The Hall–Kier alpha value is -2.35. The average molecular weight is 387 g/mol. The Bertz CT molecular complexity index is 1170. The van der Waals surface area contributed by atoms with Crippen molar-refractivity contribution in [2.75, 3.05) is 19.6 Å². The van der Waals surface area contributed by atoms with E-state index in [-0.39, 0.29) is 11.2 Å². The molecule has 0 saturated carbocycles. The Balaban J connectivity index is 1.81. The highest BCUT2D eigenvalue weighted by Crippen LogP contribution is 2.23. The predicted molar refractivity (Wildman–Crippen MR) is 110 cm³/mol. The summed E-state index contributed by atoms with van der Waals surface area (Å²) < 4.78 is 6.70. The van der Waals surface area contributed by atoms with E-state index in [0.29, 0.717) is 11.2 Å². The predicted octanol–water partition coefficient (Wildman–Crippen LogP) is 1.28. The lowest BCUT2D eigenvalue weighted by atomic mass is 9.92. The Morgan fingerprint density at radius 2 is 1.61 bits per heavy atom. The minimum Gasteiger partial charge on any atom is -0.313 e. The lowest BCUT2D eigenvalue weighted by molar-refractivity contribution is 0.137. The van der Waals surface area contributed by atoms with Gasteiger partial charge >= 0.3 is 5.69 Å². The molecule has 0 spiro atoms. The van der Waals surface area contributed by atoms with Crippen molar-refractivity contribution in [3.63, 3.8) is 0 Å². The summed E-state index contributed by atoms with van der Waals surface area (Å²) in [5, 5.41) is 0. The van der Waals surface area contributed by atoms with Gasteiger partial charge in [0.15, 0.2) is 11.2 Å². The first-order valence-electron chi connectivity index (χ1n) is 10.1. The number of aryl methyl sites for hydroxylation is 2. The molecule has 1 aliphatic rings. The standard InChI is InChI=1S/C20H30N6O2/c1-12-9-13(2)11-24(10-12)7-8-25-14(3)15(4)26-16-17(21-19(25)26)22(5)20(28)23(6)18(16)27/h12-13H,7-11H2,1-6H3/t12-,13+. The van der Waals surface area contributed by atoms with Gasteiger partial charge in [0.25, 0.3) is 5.56 Å². The quantitative estimate of drug-likeness (QED) is 0.680. The number of likely N-dealkylation sites (tertiary alicyclic amines) is 1. The Morgan fingerprint density at radius 3 is 2.25 bits per heavy atom. The number of aromatic nitrogens is 5. The lowest BCUT2D eigenvalue weighted by Gasteiger charge is -2.35. The molecule has 4 rings (SSSR count). The molecule has 1 fully saturated rings. The van der Waals surface area contributed by atoms with Crippen LogP contribution in [0.25, 0.3) is 16.9 Å². The first-order chi connectivity index (χ1) is 13.2. The number of hydrogen-bond acceptors (Lipinski definition) is 4. The van der Waals surface area contributed by atoms with Crippen LogP contribution in [0.5, 0.6) is 0 Å². The SMILES string of the molecule is Cc1c(C)n2c3c(=O)n(C)c(=O)n(C)c3nc2n1CCN1C[C@H](C)C[C@H](C)C1. The molecule has 3 aromatic rings. The van der Waals surface area contributed by atoms with Crippen LogP contribution in [-0.2, 0) is 20.6 Å². The van der Waals surface area contributed by atoms with Gasteiger partial charge in [0.05, 0.1) is 0 Å². The fourth-order valence-electron chi connectivity index (χ4n) is 4.87. The Kier molecular flexibility index (Phi) is 4.49. The van der Waals surface area contributed by atoms with E-state index in [1.165, 1.54) is 18.0 Å². The molecule has 0 radical (unpaired) electrons. The van der Waals surface area contributed by atoms with Crippen molar-refractivity contribution in [2.24, 2.45) is 25.9 Å². The van der Waals surface area contributed by atoms with Crippen LogP contribution in [0.2, 0.25) is 0 Å². The van der Waals surface area contributed by atoms with Gasteiger partial charge in [0, 0.05) is 51.7 Å². The second-order valence-electron chi connectivity index (χ2n) is 8.65. The maximum absolute atomic E-state index is 12.8. The average Bonchev–Trinajstić information content (AvgIpc) is 3.13. The minimum absolute atomic E-state index is 0.301. The van der Waals surface area contributed by atoms with Crippen LogP contribution < -0.4 is 11.2 Å². The van der Waals surface area contributed by atoms with E-state index in [0.717, 1.165) is 59.7 Å². The van der Waals surface area contributed by atoms with Crippen LogP contribution in [0.15, 0.2) is 9.59 Å². The van der Waals surface area contributed by atoms with Gasteiger partial charge in [-0.05, 0) is 32.1 Å². The highest BCUT2D eigenvalue weighted by Gasteiger charge is 2.24. The third-order valence-corrected chi connectivity index (χ3v) is 6.33. The number of rotatable bonds is 3. The van der Waals surface area contributed by atoms with Gasteiger partial charge < -0.3 is 9.47 Å². The third-order valence-electron chi connectivity index (χ3n) is 6.33. The molecule has 0 unspecified atom stereocenters. The molecule has 28 heavy (non-hydrogen) atoms. The smallest absolute Gasteiger partial charge is 0.313 e. The van der Waals surface area contributed by atoms with Gasteiger partial charge in [-0.3, -0.25) is 18.3 Å². The van der Waals surface area contributed by atoms with Crippen molar-refractivity contribution >= 4 is 16.9 Å². The summed E-state index contributed by atoms with van der Waals surface area (Å²) >= 11 is 0.